The van der Waals surface area contributed by atoms with Crippen molar-refractivity contribution in [3.63, 3.8) is 0 Å². The minimum Gasteiger partial charge on any atom is -0.491 e. The van der Waals surface area contributed by atoms with E-state index < -0.39 is 6.10 Å². The van der Waals surface area contributed by atoms with E-state index in [0.29, 0.717) is 13.1 Å². The molecule has 0 amide bonds. The van der Waals surface area contributed by atoms with E-state index in [2.05, 4.69) is 16.3 Å². The van der Waals surface area contributed by atoms with Crippen molar-refractivity contribution in [3.8, 4) is 5.75 Å². The van der Waals surface area contributed by atoms with Crippen molar-refractivity contribution >= 4 is 11.3 Å². The monoisotopic (exact) mass is 357 g/mol. The number of thiophene rings is 1. The molecular weight excluding hydrogens is 334 g/mol. The normalized spacial score (nSPS) is 12.4. The quantitative estimate of drug-likeness (QED) is 0.626. The van der Waals surface area contributed by atoms with E-state index in [1.807, 2.05) is 49.4 Å². The highest BCUT2D eigenvalue weighted by Gasteiger charge is 2.15. The first-order valence-corrected chi connectivity index (χ1v) is 9.21. The van der Waals surface area contributed by atoms with E-state index >= 15 is 0 Å². The highest BCUT2D eigenvalue weighted by molar-refractivity contribution is 7.09. The fourth-order valence-electron chi connectivity index (χ4n) is 2.68. The van der Waals surface area contributed by atoms with Crippen LogP contribution in [0.15, 0.2) is 64.6 Å². The van der Waals surface area contributed by atoms with Gasteiger partial charge in [0.1, 0.15) is 24.2 Å². The maximum atomic E-state index is 10.4. The van der Waals surface area contributed by atoms with Crippen molar-refractivity contribution in [1.82, 2.24) is 4.90 Å². The molecule has 0 fully saturated rings. The standard InChI is InChI=1S/C20H23NO3S/c1-16-5-2-6-18(11-16)24-15-17(22)12-21(13-19-7-3-9-23-19)14-20-8-4-10-25-20/h2-11,17,22H,12-15H2,1H3. The summed E-state index contributed by atoms with van der Waals surface area (Å²) in [7, 11) is 0. The molecule has 1 atom stereocenters. The van der Waals surface area contributed by atoms with Crippen LogP contribution < -0.4 is 4.74 Å². The van der Waals surface area contributed by atoms with E-state index in [0.717, 1.165) is 23.6 Å². The summed E-state index contributed by atoms with van der Waals surface area (Å²) in [4.78, 5) is 3.44. The van der Waals surface area contributed by atoms with Gasteiger partial charge in [0.25, 0.3) is 0 Å². The number of benzene rings is 1. The third-order valence-electron chi connectivity index (χ3n) is 3.82. The van der Waals surface area contributed by atoms with Gasteiger partial charge in [-0.3, -0.25) is 4.90 Å². The lowest BCUT2D eigenvalue weighted by Gasteiger charge is -2.24. The molecule has 0 spiro atoms. The number of hydrogen-bond acceptors (Lipinski definition) is 5. The van der Waals surface area contributed by atoms with E-state index in [9.17, 15) is 5.11 Å². The van der Waals surface area contributed by atoms with E-state index in [1.165, 1.54) is 4.88 Å². The van der Waals surface area contributed by atoms with Crippen LogP contribution >= 0.6 is 11.3 Å². The second kappa shape index (κ2) is 8.85. The average Bonchev–Trinajstić information content (AvgIpc) is 3.27. The Bertz CT molecular complexity index is 704. The second-order valence-electron chi connectivity index (χ2n) is 6.11. The molecule has 1 aromatic carbocycles. The van der Waals surface area contributed by atoms with Crippen LogP contribution in [-0.2, 0) is 13.1 Å². The predicted molar refractivity (Wildman–Crippen MR) is 99.8 cm³/mol. The van der Waals surface area contributed by atoms with Crippen molar-refractivity contribution in [1.29, 1.82) is 0 Å². The number of furan rings is 1. The van der Waals surface area contributed by atoms with Gasteiger partial charge in [-0.1, -0.05) is 18.2 Å². The summed E-state index contributed by atoms with van der Waals surface area (Å²) in [5, 5.41) is 12.5. The maximum Gasteiger partial charge on any atom is 0.119 e. The van der Waals surface area contributed by atoms with Crippen LogP contribution in [0.1, 0.15) is 16.2 Å². The molecule has 0 bridgehead atoms. The van der Waals surface area contributed by atoms with Crippen molar-refractivity contribution in [2.75, 3.05) is 13.2 Å². The first kappa shape index (κ1) is 17.7. The Balaban J connectivity index is 1.56. The van der Waals surface area contributed by atoms with Crippen molar-refractivity contribution in [3.05, 3.63) is 76.4 Å². The van der Waals surface area contributed by atoms with Crippen LogP contribution in [0.5, 0.6) is 5.75 Å². The molecular formula is C20H23NO3S. The van der Waals surface area contributed by atoms with Gasteiger partial charge in [-0.25, -0.2) is 0 Å². The largest absolute Gasteiger partial charge is 0.491 e. The zero-order chi connectivity index (χ0) is 17.5. The SMILES string of the molecule is Cc1cccc(OCC(O)CN(Cc2ccco2)Cc2cccs2)c1. The Hall–Kier alpha value is -2.08. The van der Waals surface area contributed by atoms with Crippen molar-refractivity contribution < 1.29 is 14.3 Å². The zero-order valence-corrected chi connectivity index (χ0v) is 15.1. The number of aliphatic hydroxyl groups excluding tert-OH is 1. The fraction of sp³-hybridized carbons (Fsp3) is 0.300. The topological polar surface area (TPSA) is 45.8 Å². The first-order chi connectivity index (χ1) is 12.2. The summed E-state index contributed by atoms with van der Waals surface area (Å²) in [5.41, 5.74) is 1.14. The molecule has 2 heterocycles. The van der Waals surface area contributed by atoms with E-state index in [-0.39, 0.29) is 6.61 Å². The molecule has 4 nitrogen and oxygen atoms in total. The average molecular weight is 357 g/mol. The Kier molecular flexibility index (Phi) is 6.28. The molecule has 0 aliphatic heterocycles. The smallest absolute Gasteiger partial charge is 0.119 e. The van der Waals surface area contributed by atoms with Gasteiger partial charge in [-0.2, -0.15) is 0 Å². The Morgan fingerprint density at radius 1 is 1.16 bits per heavy atom. The van der Waals surface area contributed by atoms with Crippen LogP contribution in [0.3, 0.4) is 0 Å². The van der Waals surface area contributed by atoms with Gasteiger partial charge in [-0.15, -0.1) is 11.3 Å². The van der Waals surface area contributed by atoms with Crippen LogP contribution in [0.2, 0.25) is 0 Å². The molecule has 0 aliphatic carbocycles. The van der Waals surface area contributed by atoms with Gasteiger partial charge in [0.2, 0.25) is 0 Å². The molecule has 25 heavy (non-hydrogen) atoms. The number of hydrogen-bond donors (Lipinski definition) is 1. The molecule has 0 saturated carbocycles. The summed E-state index contributed by atoms with van der Waals surface area (Å²) >= 11 is 1.72. The van der Waals surface area contributed by atoms with Crippen LogP contribution in [0.4, 0.5) is 0 Å². The van der Waals surface area contributed by atoms with Gasteiger partial charge < -0.3 is 14.3 Å². The van der Waals surface area contributed by atoms with Crippen LogP contribution in [-0.4, -0.2) is 29.3 Å². The Morgan fingerprint density at radius 2 is 2.08 bits per heavy atom. The molecule has 3 rings (SSSR count). The highest BCUT2D eigenvalue weighted by atomic mass is 32.1. The van der Waals surface area contributed by atoms with Gasteiger partial charge in [0.15, 0.2) is 0 Å². The number of rotatable bonds is 9. The number of aryl methyl sites for hydroxylation is 1. The van der Waals surface area contributed by atoms with Crippen molar-refractivity contribution in [2.24, 2.45) is 0 Å². The summed E-state index contributed by atoms with van der Waals surface area (Å²) in [6.45, 7) is 4.24. The number of nitrogens with zero attached hydrogens (tertiary/aromatic N) is 1. The van der Waals surface area contributed by atoms with Crippen molar-refractivity contribution in [2.45, 2.75) is 26.1 Å². The summed E-state index contributed by atoms with van der Waals surface area (Å²) < 4.78 is 11.2. The first-order valence-electron chi connectivity index (χ1n) is 8.33. The minimum atomic E-state index is -0.574. The lowest BCUT2D eigenvalue weighted by Crippen LogP contribution is -2.34. The Morgan fingerprint density at radius 3 is 2.80 bits per heavy atom. The molecule has 1 N–H and O–H groups in total. The summed E-state index contributed by atoms with van der Waals surface area (Å²) in [5.74, 6) is 1.68. The van der Waals surface area contributed by atoms with Crippen LogP contribution in [0.25, 0.3) is 0 Å². The molecule has 0 radical (unpaired) electrons. The van der Waals surface area contributed by atoms with Gasteiger partial charge in [0.05, 0.1) is 12.8 Å². The zero-order valence-electron chi connectivity index (χ0n) is 14.3. The van der Waals surface area contributed by atoms with Gasteiger partial charge in [0, 0.05) is 18.0 Å². The molecule has 0 saturated heterocycles. The molecule has 5 heteroatoms. The molecule has 3 aromatic rings. The third kappa shape index (κ3) is 5.74. The predicted octanol–water partition coefficient (Wildman–Crippen LogP) is 4.09. The summed E-state index contributed by atoms with van der Waals surface area (Å²) in [6, 6.07) is 15.8. The second-order valence-corrected chi connectivity index (χ2v) is 7.14. The van der Waals surface area contributed by atoms with Gasteiger partial charge >= 0.3 is 0 Å². The third-order valence-corrected chi connectivity index (χ3v) is 4.68. The molecule has 2 aromatic heterocycles. The minimum absolute atomic E-state index is 0.266. The summed E-state index contributed by atoms with van der Waals surface area (Å²) in [6.07, 6.45) is 1.10. The number of aliphatic hydroxyl groups is 1. The Labute approximate surface area is 152 Å². The van der Waals surface area contributed by atoms with Gasteiger partial charge in [-0.05, 0) is 48.2 Å². The molecule has 1 unspecified atom stereocenters. The molecule has 0 aliphatic rings. The lowest BCUT2D eigenvalue weighted by molar-refractivity contribution is 0.0608. The van der Waals surface area contributed by atoms with Crippen LogP contribution in [0, 0.1) is 6.92 Å². The van der Waals surface area contributed by atoms with E-state index in [1.54, 1.807) is 17.6 Å². The fourth-order valence-corrected chi connectivity index (χ4v) is 3.43. The van der Waals surface area contributed by atoms with E-state index in [4.69, 9.17) is 9.15 Å². The number of ether oxygens (including phenoxy) is 1. The molecule has 132 valence electrons. The highest BCUT2D eigenvalue weighted by Crippen LogP contribution is 2.16. The lowest BCUT2D eigenvalue weighted by atomic mass is 10.2. The maximum absolute atomic E-state index is 10.4.